The third-order valence-electron chi connectivity index (χ3n) is 5.61. The van der Waals surface area contributed by atoms with Gasteiger partial charge >= 0.3 is 6.11 Å². The fourth-order valence-corrected chi connectivity index (χ4v) is 3.97. The summed E-state index contributed by atoms with van der Waals surface area (Å²) in [5.74, 6) is -10.4. The van der Waals surface area contributed by atoms with Crippen LogP contribution in [0.1, 0.15) is 42.1 Å². The van der Waals surface area contributed by atoms with E-state index in [1.54, 1.807) is 0 Å². The molecule has 3 nitrogen and oxygen atoms in total. The van der Waals surface area contributed by atoms with Gasteiger partial charge in [-0.25, -0.2) is 26.3 Å². The molecule has 0 spiro atoms. The van der Waals surface area contributed by atoms with Crippen molar-refractivity contribution in [3.05, 3.63) is 88.0 Å². The van der Waals surface area contributed by atoms with Crippen LogP contribution in [0.4, 0.5) is 35.1 Å². The van der Waals surface area contributed by atoms with Crippen LogP contribution in [-0.4, -0.2) is 6.61 Å². The van der Waals surface area contributed by atoms with Gasteiger partial charge in [0.15, 0.2) is 0 Å². The molecule has 3 aromatic rings. The fourth-order valence-electron chi connectivity index (χ4n) is 3.97. The highest BCUT2D eigenvalue weighted by molar-refractivity contribution is 5.66. The van der Waals surface area contributed by atoms with Gasteiger partial charge in [0.05, 0.1) is 11.7 Å². The summed E-state index contributed by atoms with van der Waals surface area (Å²) < 4.78 is 125. The van der Waals surface area contributed by atoms with E-state index in [4.69, 9.17) is 10.00 Å². The molecule has 188 valence electrons. The maximum Gasteiger partial charge on any atom is 0.432 e. The van der Waals surface area contributed by atoms with E-state index in [9.17, 15) is 35.1 Å². The van der Waals surface area contributed by atoms with Crippen molar-refractivity contribution in [3.8, 4) is 22.9 Å². The van der Waals surface area contributed by atoms with Crippen LogP contribution in [0.25, 0.3) is 11.1 Å². The molecule has 4 rings (SSSR count). The van der Waals surface area contributed by atoms with Gasteiger partial charge in [-0.05, 0) is 54.7 Å². The van der Waals surface area contributed by atoms with E-state index < -0.39 is 75.1 Å². The molecule has 0 aromatic heterocycles. The number of nitriles is 1. The van der Waals surface area contributed by atoms with E-state index in [1.165, 1.54) is 6.07 Å². The Labute approximate surface area is 199 Å². The van der Waals surface area contributed by atoms with E-state index in [0.29, 0.717) is 13.0 Å². The van der Waals surface area contributed by atoms with Crippen LogP contribution in [0.3, 0.4) is 0 Å². The number of halogens is 8. The van der Waals surface area contributed by atoms with E-state index in [2.05, 4.69) is 4.74 Å². The molecule has 1 fully saturated rings. The summed E-state index contributed by atoms with van der Waals surface area (Å²) in [6, 6.07) is 4.12. The summed E-state index contributed by atoms with van der Waals surface area (Å²) >= 11 is 0. The molecule has 3 aromatic carbocycles. The number of benzene rings is 3. The first-order chi connectivity index (χ1) is 17.0. The summed E-state index contributed by atoms with van der Waals surface area (Å²) in [4.78, 5) is 0. The monoisotopic (exact) mass is 513 g/mol. The maximum atomic E-state index is 14.8. The Morgan fingerprint density at radius 3 is 1.89 bits per heavy atom. The molecule has 1 aliphatic heterocycles. The number of hydrogen-bond acceptors (Lipinski definition) is 3. The van der Waals surface area contributed by atoms with Crippen LogP contribution in [0.15, 0.2) is 36.4 Å². The first-order valence-electron chi connectivity index (χ1n) is 10.6. The van der Waals surface area contributed by atoms with Crippen molar-refractivity contribution in [3.63, 3.8) is 0 Å². The molecule has 36 heavy (non-hydrogen) atoms. The summed E-state index contributed by atoms with van der Waals surface area (Å²) in [6.07, 6.45) is -3.24. The van der Waals surface area contributed by atoms with Crippen molar-refractivity contribution in [2.45, 2.75) is 31.5 Å². The lowest BCUT2D eigenvalue weighted by atomic mass is 9.96. The summed E-state index contributed by atoms with van der Waals surface area (Å²) in [5, 5.41) is 8.64. The first kappa shape index (κ1) is 25.4. The average Bonchev–Trinajstić information content (AvgIpc) is 2.78. The molecule has 1 aliphatic rings. The van der Waals surface area contributed by atoms with E-state index in [1.807, 2.05) is 0 Å². The van der Waals surface area contributed by atoms with Crippen LogP contribution in [0, 0.1) is 46.2 Å². The van der Waals surface area contributed by atoms with Crippen LogP contribution in [-0.2, 0) is 10.8 Å². The number of hydrogen-bond donors (Lipinski definition) is 0. The molecule has 0 amide bonds. The highest BCUT2D eigenvalue weighted by Gasteiger charge is 2.42. The molecular weight excluding hydrogens is 498 g/mol. The minimum atomic E-state index is -4.79. The van der Waals surface area contributed by atoms with Gasteiger partial charge in [-0.2, -0.15) is 14.0 Å². The highest BCUT2D eigenvalue weighted by atomic mass is 19.3. The molecule has 1 atom stereocenters. The Morgan fingerprint density at radius 1 is 0.806 bits per heavy atom. The van der Waals surface area contributed by atoms with E-state index in [0.717, 1.165) is 25.0 Å². The lowest BCUT2D eigenvalue weighted by molar-refractivity contribution is -0.189. The molecule has 1 saturated heterocycles. The fraction of sp³-hybridized carbons (Fsp3) is 0.240. The smallest absolute Gasteiger partial charge is 0.429 e. The van der Waals surface area contributed by atoms with Gasteiger partial charge in [0.25, 0.3) is 0 Å². The third-order valence-corrected chi connectivity index (χ3v) is 5.61. The lowest BCUT2D eigenvalue weighted by Gasteiger charge is -2.23. The van der Waals surface area contributed by atoms with Gasteiger partial charge in [-0.15, -0.1) is 0 Å². The Morgan fingerprint density at radius 2 is 1.39 bits per heavy atom. The normalized spacial score (nSPS) is 16.0. The zero-order valence-electron chi connectivity index (χ0n) is 18.2. The molecule has 0 N–H and O–H groups in total. The van der Waals surface area contributed by atoms with Crippen molar-refractivity contribution in [1.29, 1.82) is 5.26 Å². The standard InChI is InChI=1S/C25H15F8NO2/c26-16-9-14(10-17(27)15(16)11-34)36-25(32,33)24-20(30)7-13(8-21(24)31)23-18(28)5-12(6-19(23)29)22-3-1-2-4-35-22/h5-10,22H,1-4H2. The molecule has 1 heterocycles. The van der Waals surface area contributed by atoms with Gasteiger partial charge in [0.2, 0.25) is 0 Å². The second kappa shape index (κ2) is 9.78. The molecule has 0 bridgehead atoms. The molecular formula is C25H15F8NO2. The zero-order valence-corrected chi connectivity index (χ0v) is 18.2. The summed E-state index contributed by atoms with van der Waals surface area (Å²) in [5.41, 5.74) is -4.39. The van der Waals surface area contributed by atoms with Crippen molar-refractivity contribution in [1.82, 2.24) is 0 Å². The van der Waals surface area contributed by atoms with E-state index >= 15 is 0 Å². The Balaban J connectivity index is 1.68. The average molecular weight is 513 g/mol. The second-order valence-corrected chi connectivity index (χ2v) is 8.02. The zero-order chi connectivity index (χ0) is 26.2. The second-order valence-electron chi connectivity index (χ2n) is 8.02. The predicted octanol–water partition coefficient (Wildman–Crippen LogP) is 7.43. The predicted molar refractivity (Wildman–Crippen MR) is 110 cm³/mol. The van der Waals surface area contributed by atoms with Gasteiger partial charge < -0.3 is 9.47 Å². The minimum Gasteiger partial charge on any atom is -0.429 e. The molecule has 11 heteroatoms. The van der Waals surface area contributed by atoms with Crippen molar-refractivity contribution in [2.24, 2.45) is 0 Å². The Bertz CT molecular complexity index is 1290. The highest BCUT2D eigenvalue weighted by Crippen LogP contribution is 2.39. The van der Waals surface area contributed by atoms with Gasteiger partial charge in [0.1, 0.15) is 57.8 Å². The largest absolute Gasteiger partial charge is 0.432 e. The van der Waals surface area contributed by atoms with Gasteiger partial charge in [-0.1, -0.05) is 0 Å². The maximum absolute atomic E-state index is 14.8. The van der Waals surface area contributed by atoms with Crippen molar-refractivity contribution >= 4 is 0 Å². The first-order valence-corrected chi connectivity index (χ1v) is 10.6. The number of ether oxygens (including phenoxy) is 2. The third kappa shape index (κ3) is 4.86. The van der Waals surface area contributed by atoms with Crippen LogP contribution < -0.4 is 4.74 Å². The Hall–Kier alpha value is -3.65. The number of alkyl halides is 2. The summed E-state index contributed by atoms with van der Waals surface area (Å²) in [6.45, 7) is 0.408. The number of nitrogens with zero attached hydrogens (tertiary/aromatic N) is 1. The van der Waals surface area contributed by atoms with Gasteiger partial charge in [0, 0.05) is 18.7 Å². The van der Waals surface area contributed by atoms with Crippen molar-refractivity contribution < 1.29 is 44.6 Å². The van der Waals surface area contributed by atoms with E-state index in [-0.39, 0.29) is 29.8 Å². The quantitative estimate of drug-likeness (QED) is 0.333. The van der Waals surface area contributed by atoms with Crippen LogP contribution >= 0.6 is 0 Å². The molecule has 1 unspecified atom stereocenters. The SMILES string of the molecule is N#Cc1c(F)cc(OC(F)(F)c2c(F)cc(-c3c(F)cc(C4CCCCO4)cc3F)cc2F)cc1F. The summed E-state index contributed by atoms with van der Waals surface area (Å²) in [7, 11) is 0. The minimum absolute atomic E-state index is 0.188. The molecule has 0 aliphatic carbocycles. The number of rotatable bonds is 5. The Kier molecular flexibility index (Phi) is 6.91. The van der Waals surface area contributed by atoms with Crippen LogP contribution in [0.2, 0.25) is 0 Å². The molecule has 0 radical (unpaired) electrons. The lowest BCUT2D eigenvalue weighted by Crippen LogP contribution is -2.25. The molecule has 0 saturated carbocycles. The van der Waals surface area contributed by atoms with Crippen molar-refractivity contribution in [2.75, 3.05) is 6.61 Å². The topological polar surface area (TPSA) is 42.2 Å². The van der Waals surface area contributed by atoms with Crippen LogP contribution in [0.5, 0.6) is 5.75 Å². The van der Waals surface area contributed by atoms with Gasteiger partial charge in [-0.3, -0.25) is 0 Å².